The maximum Gasteiger partial charge on any atom is 0.321 e. The molecule has 0 aliphatic carbocycles. The quantitative estimate of drug-likeness (QED) is 0.702. The van der Waals surface area contributed by atoms with E-state index in [1.165, 1.54) is 0 Å². The number of rotatable bonds is 4. The summed E-state index contributed by atoms with van der Waals surface area (Å²) in [5, 5.41) is 2.92. The summed E-state index contributed by atoms with van der Waals surface area (Å²) in [4.78, 5) is 28.7. The van der Waals surface area contributed by atoms with Crippen LogP contribution in [0.5, 0.6) is 11.5 Å². The Kier molecular flexibility index (Phi) is 5.94. The fourth-order valence-corrected chi connectivity index (χ4v) is 3.34. The lowest BCUT2D eigenvalue weighted by Crippen LogP contribution is -2.51. The first kappa shape index (κ1) is 19.5. The zero-order valence-corrected chi connectivity index (χ0v) is 16.5. The van der Waals surface area contributed by atoms with Crippen molar-refractivity contribution >= 4 is 17.6 Å². The zero-order chi connectivity index (χ0) is 20.8. The van der Waals surface area contributed by atoms with Crippen molar-refractivity contribution in [3.8, 4) is 11.5 Å². The SMILES string of the molecule is O=C(Nc1cccc(Oc2ccccc2)c1)N1CCN(C(=O)c2ccccc2)CC1. The summed E-state index contributed by atoms with van der Waals surface area (Å²) in [6.07, 6.45) is 0. The summed E-state index contributed by atoms with van der Waals surface area (Å²) in [5.74, 6) is 1.39. The number of carbonyl (C=O) groups excluding carboxylic acids is 2. The second-order valence-corrected chi connectivity index (χ2v) is 7.02. The summed E-state index contributed by atoms with van der Waals surface area (Å²) < 4.78 is 5.82. The Morgan fingerprint density at radius 1 is 0.700 bits per heavy atom. The lowest BCUT2D eigenvalue weighted by molar-refractivity contribution is 0.0671. The van der Waals surface area contributed by atoms with E-state index in [-0.39, 0.29) is 11.9 Å². The van der Waals surface area contributed by atoms with Gasteiger partial charge in [0.15, 0.2) is 0 Å². The smallest absolute Gasteiger partial charge is 0.321 e. The van der Waals surface area contributed by atoms with Crippen LogP contribution in [0, 0.1) is 0 Å². The van der Waals surface area contributed by atoms with Gasteiger partial charge in [-0.05, 0) is 36.4 Å². The summed E-state index contributed by atoms with van der Waals surface area (Å²) in [5.41, 5.74) is 1.34. The highest BCUT2D eigenvalue weighted by Gasteiger charge is 2.24. The number of para-hydroxylation sites is 1. The molecule has 4 rings (SSSR count). The van der Waals surface area contributed by atoms with Crippen molar-refractivity contribution in [2.24, 2.45) is 0 Å². The molecule has 1 fully saturated rings. The Hall–Kier alpha value is -3.80. The lowest BCUT2D eigenvalue weighted by Gasteiger charge is -2.34. The number of hydrogen-bond donors (Lipinski definition) is 1. The molecule has 1 saturated heterocycles. The van der Waals surface area contributed by atoms with Gasteiger partial charge in [0.2, 0.25) is 0 Å². The Labute approximate surface area is 175 Å². The molecule has 0 atom stereocenters. The van der Waals surface area contributed by atoms with E-state index in [1.54, 1.807) is 15.9 Å². The predicted molar refractivity (Wildman–Crippen MR) is 116 cm³/mol. The van der Waals surface area contributed by atoms with Crippen LogP contribution in [0.1, 0.15) is 10.4 Å². The molecule has 1 aliphatic rings. The standard InChI is InChI=1S/C24H23N3O3/c28-23(19-8-3-1-4-9-19)26-14-16-27(17-15-26)24(29)25-20-10-7-13-22(18-20)30-21-11-5-2-6-12-21/h1-13,18H,14-17H2,(H,25,29). The van der Waals surface area contributed by atoms with E-state index in [4.69, 9.17) is 4.74 Å². The molecule has 3 aromatic rings. The number of ether oxygens (including phenoxy) is 1. The molecule has 152 valence electrons. The first-order chi connectivity index (χ1) is 14.7. The van der Waals surface area contributed by atoms with Crippen molar-refractivity contribution < 1.29 is 14.3 Å². The fraction of sp³-hybridized carbons (Fsp3) is 0.167. The van der Waals surface area contributed by atoms with Crippen molar-refractivity contribution in [1.82, 2.24) is 9.80 Å². The summed E-state index contributed by atoms with van der Waals surface area (Å²) in [6, 6.07) is 25.8. The van der Waals surface area contributed by atoms with Gasteiger partial charge in [-0.3, -0.25) is 4.79 Å². The summed E-state index contributed by atoms with van der Waals surface area (Å²) in [6.45, 7) is 2.01. The summed E-state index contributed by atoms with van der Waals surface area (Å²) in [7, 11) is 0. The van der Waals surface area contributed by atoms with Crippen LogP contribution in [0.25, 0.3) is 0 Å². The molecule has 0 bridgehead atoms. The third-order valence-electron chi connectivity index (χ3n) is 4.94. The molecule has 0 radical (unpaired) electrons. The van der Waals surface area contributed by atoms with Crippen LogP contribution in [0.2, 0.25) is 0 Å². The maximum atomic E-state index is 12.7. The van der Waals surface area contributed by atoms with Crippen molar-refractivity contribution in [3.63, 3.8) is 0 Å². The normalized spacial score (nSPS) is 13.6. The minimum Gasteiger partial charge on any atom is -0.457 e. The van der Waals surface area contributed by atoms with E-state index < -0.39 is 0 Å². The largest absolute Gasteiger partial charge is 0.457 e. The molecular formula is C24H23N3O3. The van der Waals surface area contributed by atoms with Crippen LogP contribution in [0.4, 0.5) is 10.5 Å². The van der Waals surface area contributed by atoms with Crippen molar-refractivity contribution in [1.29, 1.82) is 0 Å². The van der Waals surface area contributed by atoms with Gasteiger partial charge in [-0.15, -0.1) is 0 Å². The van der Waals surface area contributed by atoms with E-state index >= 15 is 0 Å². The molecule has 6 nitrogen and oxygen atoms in total. The first-order valence-corrected chi connectivity index (χ1v) is 9.92. The fourth-order valence-electron chi connectivity index (χ4n) is 3.34. The Bertz CT molecular complexity index is 1000. The van der Waals surface area contributed by atoms with Gasteiger partial charge in [0.25, 0.3) is 5.91 Å². The van der Waals surface area contributed by atoms with Crippen LogP contribution in [0.3, 0.4) is 0 Å². The minimum atomic E-state index is -0.182. The second kappa shape index (κ2) is 9.13. The molecular weight excluding hydrogens is 378 g/mol. The van der Waals surface area contributed by atoms with Crippen LogP contribution in [0.15, 0.2) is 84.9 Å². The number of urea groups is 1. The molecule has 6 heteroatoms. The second-order valence-electron chi connectivity index (χ2n) is 7.02. The molecule has 1 N–H and O–H groups in total. The number of piperazine rings is 1. The lowest BCUT2D eigenvalue weighted by atomic mass is 10.2. The number of amides is 3. The topological polar surface area (TPSA) is 61.9 Å². The van der Waals surface area contributed by atoms with E-state index in [9.17, 15) is 9.59 Å². The van der Waals surface area contributed by atoms with Gasteiger partial charge in [-0.2, -0.15) is 0 Å². The van der Waals surface area contributed by atoms with Crippen LogP contribution in [-0.4, -0.2) is 47.9 Å². The maximum absolute atomic E-state index is 12.7. The van der Waals surface area contributed by atoms with Crippen LogP contribution < -0.4 is 10.1 Å². The third-order valence-corrected chi connectivity index (χ3v) is 4.94. The highest BCUT2D eigenvalue weighted by molar-refractivity contribution is 5.94. The Balaban J connectivity index is 1.32. The molecule has 3 amide bonds. The van der Waals surface area contributed by atoms with Gasteiger partial charge >= 0.3 is 6.03 Å². The average Bonchev–Trinajstić information content (AvgIpc) is 2.80. The van der Waals surface area contributed by atoms with Crippen molar-refractivity contribution in [3.05, 3.63) is 90.5 Å². The van der Waals surface area contributed by atoms with E-state index in [1.807, 2.05) is 78.9 Å². The zero-order valence-electron chi connectivity index (χ0n) is 16.5. The van der Waals surface area contributed by atoms with Gasteiger partial charge in [-0.1, -0.05) is 42.5 Å². The monoisotopic (exact) mass is 401 g/mol. The highest BCUT2D eigenvalue weighted by atomic mass is 16.5. The molecule has 3 aromatic carbocycles. The highest BCUT2D eigenvalue weighted by Crippen LogP contribution is 2.24. The van der Waals surface area contributed by atoms with Gasteiger partial charge in [0, 0.05) is 43.5 Å². The van der Waals surface area contributed by atoms with Crippen LogP contribution >= 0.6 is 0 Å². The van der Waals surface area contributed by atoms with E-state index in [2.05, 4.69) is 5.32 Å². The molecule has 0 spiro atoms. The number of carbonyl (C=O) groups is 2. The van der Waals surface area contributed by atoms with Gasteiger partial charge in [0.1, 0.15) is 11.5 Å². The predicted octanol–water partition coefficient (Wildman–Crippen LogP) is 4.47. The molecule has 1 heterocycles. The van der Waals surface area contributed by atoms with Crippen molar-refractivity contribution in [2.75, 3.05) is 31.5 Å². The molecule has 0 aromatic heterocycles. The number of hydrogen-bond acceptors (Lipinski definition) is 3. The first-order valence-electron chi connectivity index (χ1n) is 9.92. The molecule has 0 saturated carbocycles. The van der Waals surface area contributed by atoms with Gasteiger partial charge in [0.05, 0.1) is 0 Å². The van der Waals surface area contributed by atoms with Gasteiger partial charge in [-0.25, -0.2) is 4.79 Å². The molecule has 0 unspecified atom stereocenters. The number of nitrogens with zero attached hydrogens (tertiary/aromatic N) is 2. The number of nitrogens with one attached hydrogen (secondary N) is 1. The third kappa shape index (κ3) is 4.78. The summed E-state index contributed by atoms with van der Waals surface area (Å²) >= 11 is 0. The molecule has 1 aliphatic heterocycles. The van der Waals surface area contributed by atoms with Crippen molar-refractivity contribution in [2.45, 2.75) is 0 Å². The Morgan fingerprint density at radius 2 is 1.30 bits per heavy atom. The minimum absolute atomic E-state index is 0.00131. The Morgan fingerprint density at radius 3 is 2.00 bits per heavy atom. The van der Waals surface area contributed by atoms with Gasteiger partial charge < -0.3 is 19.9 Å². The van der Waals surface area contributed by atoms with E-state index in [0.717, 1.165) is 5.75 Å². The van der Waals surface area contributed by atoms with E-state index in [0.29, 0.717) is 43.2 Å². The van der Waals surface area contributed by atoms with Crippen LogP contribution in [-0.2, 0) is 0 Å². The number of benzene rings is 3. The number of anilines is 1. The average molecular weight is 401 g/mol. The molecule has 30 heavy (non-hydrogen) atoms.